The van der Waals surface area contributed by atoms with E-state index in [1.54, 1.807) is 12.4 Å². The smallest absolute Gasteiger partial charge is 0.321 e. The number of aromatic nitrogens is 2. The summed E-state index contributed by atoms with van der Waals surface area (Å²) in [4.78, 5) is 19.0. The molecule has 1 aromatic rings. The zero-order valence-corrected chi connectivity index (χ0v) is 10.1. The van der Waals surface area contributed by atoms with Crippen LogP contribution < -0.4 is 5.32 Å². The molecule has 1 atom stereocenters. The highest BCUT2D eigenvalue weighted by Crippen LogP contribution is 2.13. The molecule has 1 unspecified atom stereocenters. The molecule has 0 fully saturated rings. The van der Waals surface area contributed by atoms with E-state index in [0.29, 0.717) is 17.5 Å². The van der Waals surface area contributed by atoms with E-state index in [4.69, 9.17) is 5.11 Å². The van der Waals surface area contributed by atoms with Crippen LogP contribution in [0.25, 0.3) is 0 Å². The topological polar surface area (TPSA) is 75.1 Å². The monoisotopic (exact) mass is 241 g/mol. The number of carbonyl (C=O) groups is 1. The predicted octanol–water partition coefficient (Wildman–Crippen LogP) is 0.940. The molecule has 0 radical (unpaired) electrons. The molecule has 1 heterocycles. The van der Waals surface area contributed by atoms with Crippen molar-refractivity contribution < 1.29 is 9.90 Å². The van der Waals surface area contributed by atoms with Gasteiger partial charge in [-0.3, -0.25) is 4.79 Å². The minimum Gasteiger partial charge on any atom is -0.480 e. The van der Waals surface area contributed by atoms with Crippen molar-refractivity contribution in [2.45, 2.75) is 25.0 Å². The van der Waals surface area contributed by atoms with E-state index in [9.17, 15) is 4.79 Å². The number of nitrogens with zero attached hydrogens (tertiary/aromatic N) is 2. The second-order valence-corrected chi connectivity index (χ2v) is 4.29. The Morgan fingerprint density at radius 1 is 1.56 bits per heavy atom. The summed E-state index contributed by atoms with van der Waals surface area (Å²) in [5.74, 6) is -0.423. The molecular weight excluding hydrogens is 226 g/mol. The summed E-state index contributed by atoms with van der Waals surface area (Å²) >= 11 is 1.34. The highest BCUT2D eigenvalue weighted by atomic mass is 32.2. The van der Waals surface area contributed by atoms with Crippen molar-refractivity contribution in [3.05, 3.63) is 18.0 Å². The second-order valence-electron chi connectivity index (χ2n) is 3.30. The largest absolute Gasteiger partial charge is 0.480 e. The molecule has 88 valence electrons. The van der Waals surface area contributed by atoms with Gasteiger partial charge in [-0.15, -0.1) is 0 Å². The number of hydrogen-bond acceptors (Lipinski definition) is 5. The summed E-state index contributed by atoms with van der Waals surface area (Å²) < 4.78 is 0. The lowest BCUT2D eigenvalue weighted by Gasteiger charge is -2.11. The average molecular weight is 241 g/mol. The summed E-state index contributed by atoms with van der Waals surface area (Å²) in [6.45, 7) is 4.42. The summed E-state index contributed by atoms with van der Waals surface area (Å²) in [5.41, 5.74) is 0.991. The van der Waals surface area contributed by atoms with E-state index < -0.39 is 12.0 Å². The fraction of sp³-hybridized carbons (Fsp3) is 0.500. The molecule has 0 aliphatic carbocycles. The first kappa shape index (κ1) is 12.9. The van der Waals surface area contributed by atoms with Gasteiger partial charge in [-0.1, -0.05) is 18.7 Å². The Hall–Kier alpha value is -1.14. The number of carboxylic acids is 1. The molecule has 0 spiro atoms. The zero-order valence-electron chi connectivity index (χ0n) is 9.30. The second kappa shape index (κ2) is 6.44. The van der Waals surface area contributed by atoms with Crippen LogP contribution in [-0.4, -0.2) is 39.4 Å². The van der Waals surface area contributed by atoms with E-state index in [-0.39, 0.29) is 0 Å². The van der Waals surface area contributed by atoms with Gasteiger partial charge >= 0.3 is 5.97 Å². The van der Waals surface area contributed by atoms with Crippen LogP contribution in [0.3, 0.4) is 0 Å². The van der Waals surface area contributed by atoms with Crippen LogP contribution >= 0.6 is 11.8 Å². The van der Waals surface area contributed by atoms with Gasteiger partial charge in [0, 0.05) is 18.1 Å². The Morgan fingerprint density at radius 2 is 2.19 bits per heavy atom. The number of aliphatic carboxylic acids is 1. The normalized spacial score (nSPS) is 12.4. The number of thioether (sulfide) groups is 1. The Bertz CT molecular complexity index is 342. The van der Waals surface area contributed by atoms with Gasteiger partial charge in [-0.2, -0.15) is 0 Å². The average Bonchev–Trinajstić information content (AvgIpc) is 2.26. The van der Waals surface area contributed by atoms with Gasteiger partial charge in [-0.05, 0) is 19.0 Å². The molecule has 0 aliphatic heterocycles. The molecule has 0 aromatic carbocycles. The van der Waals surface area contributed by atoms with Gasteiger partial charge in [0.1, 0.15) is 6.04 Å². The first-order valence-corrected chi connectivity index (χ1v) is 5.99. The maximum atomic E-state index is 10.8. The van der Waals surface area contributed by atoms with E-state index in [1.807, 2.05) is 13.8 Å². The van der Waals surface area contributed by atoms with Crippen LogP contribution in [-0.2, 0) is 4.79 Å². The molecular formula is C10H15N3O2S. The number of rotatable bonds is 6. The van der Waals surface area contributed by atoms with E-state index in [2.05, 4.69) is 15.3 Å². The Morgan fingerprint density at radius 3 is 2.69 bits per heavy atom. The van der Waals surface area contributed by atoms with Crippen molar-refractivity contribution in [2.24, 2.45) is 0 Å². The highest BCUT2D eigenvalue weighted by molar-refractivity contribution is 7.99. The Labute approximate surface area is 98.7 Å². The lowest BCUT2D eigenvalue weighted by molar-refractivity contribution is -0.138. The minimum absolute atomic E-state index is 0.423. The molecule has 0 saturated carbocycles. The third-order valence-electron chi connectivity index (χ3n) is 1.88. The van der Waals surface area contributed by atoms with Gasteiger partial charge in [0.2, 0.25) is 0 Å². The van der Waals surface area contributed by atoms with Crippen molar-refractivity contribution in [3.63, 3.8) is 0 Å². The number of nitrogens with one attached hydrogen (secondary N) is 1. The molecule has 5 nitrogen and oxygen atoms in total. The molecule has 0 aliphatic rings. The summed E-state index contributed by atoms with van der Waals surface area (Å²) in [6.07, 6.45) is 3.44. The SMILES string of the molecule is CCNC(CSc1ncc(C)cn1)C(=O)O. The van der Waals surface area contributed by atoms with Gasteiger partial charge < -0.3 is 10.4 Å². The van der Waals surface area contributed by atoms with Crippen LogP contribution in [0, 0.1) is 6.92 Å². The van der Waals surface area contributed by atoms with Gasteiger partial charge in [0.25, 0.3) is 0 Å². The molecule has 2 N–H and O–H groups in total. The Balaban J connectivity index is 2.48. The summed E-state index contributed by atoms with van der Waals surface area (Å²) in [5, 5.41) is 12.4. The van der Waals surface area contributed by atoms with Crippen molar-refractivity contribution in [1.29, 1.82) is 0 Å². The van der Waals surface area contributed by atoms with Crippen molar-refractivity contribution >= 4 is 17.7 Å². The van der Waals surface area contributed by atoms with Crippen LogP contribution in [0.2, 0.25) is 0 Å². The maximum absolute atomic E-state index is 10.8. The van der Waals surface area contributed by atoms with Crippen molar-refractivity contribution in [3.8, 4) is 0 Å². The molecule has 1 aromatic heterocycles. The molecule has 6 heteroatoms. The third-order valence-corrected chi connectivity index (χ3v) is 2.85. The van der Waals surface area contributed by atoms with Crippen molar-refractivity contribution in [1.82, 2.24) is 15.3 Å². The fourth-order valence-corrected chi connectivity index (χ4v) is 1.91. The standard InChI is InChI=1S/C10H15N3O2S/c1-3-11-8(9(14)15)6-16-10-12-4-7(2)5-13-10/h4-5,8,11H,3,6H2,1-2H3,(H,14,15). The first-order chi connectivity index (χ1) is 7.63. The molecule has 16 heavy (non-hydrogen) atoms. The highest BCUT2D eigenvalue weighted by Gasteiger charge is 2.16. The van der Waals surface area contributed by atoms with Crippen LogP contribution in [0.5, 0.6) is 0 Å². The third kappa shape index (κ3) is 4.16. The number of likely N-dealkylation sites (N-methyl/N-ethyl adjacent to an activating group) is 1. The van der Waals surface area contributed by atoms with E-state index >= 15 is 0 Å². The van der Waals surface area contributed by atoms with E-state index in [1.165, 1.54) is 11.8 Å². The minimum atomic E-state index is -0.846. The van der Waals surface area contributed by atoms with Crippen LogP contribution in [0.4, 0.5) is 0 Å². The molecule has 1 rings (SSSR count). The summed E-state index contributed by atoms with van der Waals surface area (Å²) in [6, 6.07) is -0.556. The zero-order chi connectivity index (χ0) is 12.0. The maximum Gasteiger partial charge on any atom is 0.321 e. The Kier molecular flexibility index (Phi) is 5.21. The first-order valence-electron chi connectivity index (χ1n) is 5.01. The lowest BCUT2D eigenvalue weighted by atomic mass is 10.3. The lowest BCUT2D eigenvalue weighted by Crippen LogP contribution is -2.38. The number of hydrogen-bond donors (Lipinski definition) is 2. The van der Waals surface area contributed by atoms with Gasteiger partial charge in [0.15, 0.2) is 5.16 Å². The fourth-order valence-electron chi connectivity index (χ4n) is 1.08. The molecule has 0 bridgehead atoms. The van der Waals surface area contributed by atoms with Crippen LogP contribution in [0.15, 0.2) is 17.6 Å². The van der Waals surface area contributed by atoms with E-state index in [0.717, 1.165) is 5.56 Å². The van der Waals surface area contributed by atoms with Crippen molar-refractivity contribution in [2.75, 3.05) is 12.3 Å². The predicted molar refractivity (Wildman–Crippen MR) is 62.6 cm³/mol. The van der Waals surface area contributed by atoms with Gasteiger partial charge in [0.05, 0.1) is 0 Å². The molecule has 0 saturated heterocycles. The van der Waals surface area contributed by atoms with Gasteiger partial charge in [-0.25, -0.2) is 9.97 Å². The van der Waals surface area contributed by atoms with Crippen LogP contribution in [0.1, 0.15) is 12.5 Å². The molecule has 0 amide bonds. The number of aryl methyl sites for hydroxylation is 1. The quantitative estimate of drug-likeness (QED) is 0.570. The summed E-state index contributed by atoms with van der Waals surface area (Å²) in [7, 11) is 0. The number of carboxylic acid groups (broad SMARTS) is 1.